The lowest BCUT2D eigenvalue weighted by Crippen LogP contribution is -2.20. The number of carbonyl (C=O) groups excluding carboxylic acids is 1. The number of hydrogen-bond acceptors (Lipinski definition) is 3. The molecule has 0 spiro atoms. The van der Waals surface area contributed by atoms with Gasteiger partial charge in [0.25, 0.3) is 0 Å². The van der Waals surface area contributed by atoms with Crippen LogP contribution in [0.5, 0.6) is 0 Å². The van der Waals surface area contributed by atoms with Crippen LogP contribution in [0.3, 0.4) is 0 Å². The molecule has 0 aliphatic heterocycles. The standard InChI is InChI=1S/C15H12FN3OS/c16-12-3-1-2-11(8-12)4-5-14(20)17-9-13-10-19-6-7-21-15(19)18-13/h1-8,10H,9H2,(H,17,20)/b5-4+. The average molecular weight is 301 g/mol. The first-order valence-corrected chi connectivity index (χ1v) is 7.21. The third-order valence-corrected chi connectivity index (χ3v) is 3.63. The number of nitrogens with zero attached hydrogens (tertiary/aromatic N) is 2. The van der Waals surface area contributed by atoms with Gasteiger partial charge in [-0.1, -0.05) is 12.1 Å². The number of imidazole rings is 1. The zero-order valence-corrected chi connectivity index (χ0v) is 11.8. The summed E-state index contributed by atoms with van der Waals surface area (Å²) in [6, 6.07) is 6.07. The molecule has 0 unspecified atom stereocenters. The van der Waals surface area contributed by atoms with Crippen molar-refractivity contribution in [3.8, 4) is 0 Å². The van der Waals surface area contributed by atoms with Crippen LogP contribution in [0.1, 0.15) is 11.3 Å². The third-order valence-electron chi connectivity index (χ3n) is 2.86. The summed E-state index contributed by atoms with van der Waals surface area (Å²) in [6.45, 7) is 0.362. The lowest BCUT2D eigenvalue weighted by molar-refractivity contribution is -0.116. The van der Waals surface area contributed by atoms with Crippen molar-refractivity contribution in [3.05, 3.63) is 65.2 Å². The quantitative estimate of drug-likeness (QED) is 0.753. The number of hydrogen-bond donors (Lipinski definition) is 1. The number of fused-ring (bicyclic) bond motifs is 1. The first-order chi connectivity index (χ1) is 10.2. The van der Waals surface area contributed by atoms with Crippen LogP contribution in [0, 0.1) is 5.82 Å². The molecular weight excluding hydrogens is 289 g/mol. The average Bonchev–Trinajstić information content (AvgIpc) is 3.04. The summed E-state index contributed by atoms with van der Waals surface area (Å²) in [6.07, 6.45) is 6.75. The van der Waals surface area contributed by atoms with Gasteiger partial charge >= 0.3 is 0 Å². The summed E-state index contributed by atoms with van der Waals surface area (Å²) in [7, 11) is 0. The van der Waals surface area contributed by atoms with Gasteiger partial charge in [-0.05, 0) is 23.8 Å². The fourth-order valence-electron chi connectivity index (χ4n) is 1.88. The van der Waals surface area contributed by atoms with Gasteiger partial charge in [0.15, 0.2) is 4.96 Å². The molecule has 0 radical (unpaired) electrons. The Morgan fingerprint density at radius 3 is 3.19 bits per heavy atom. The van der Waals surface area contributed by atoms with Gasteiger partial charge in [-0.15, -0.1) is 11.3 Å². The van der Waals surface area contributed by atoms with Gasteiger partial charge in [0.05, 0.1) is 12.2 Å². The molecule has 2 heterocycles. The van der Waals surface area contributed by atoms with Gasteiger partial charge in [-0.25, -0.2) is 9.37 Å². The zero-order valence-electron chi connectivity index (χ0n) is 11.0. The maximum absolute atomic E-state index is 13.0. The van der Waals surface area contributed by atoms with Gasteiger partial charge in [0, 0.05) is 23.8 Å². The first-order valence-electron chi connectivity index (χ1n) is 6.33. The number of amides is 1. The van der Waals surface area contributed by atoms with Crippen molar-refractivity contribution in [2.75, 3.05) is 0 Å². The Balaban J connectivity index is 1.57. The molecular formula is C15H12FN3OS. The number of rotatable bonds is 4. The molecule has 0 saturated heterocycles. The van der Waals surface area contributed by atoms with E-state index in [1.165, 1.54) is 18.2 Å². The fourth-order valence-corrected chi connectivity index (χ4v) is 2.60. The fraction of sp³-hybridized carbons (Fsp3) is 0.0667. The summed E-state index contributed by atoms with van der Waals surface area (Å²) in [5.74, 6) is -0.564. The van der Waals surface area contributed by atoms with E-state index in [-0.39, 0.29) is 11.7 Å². The van der Waals surface area contributed by atoms with Crippen molar-refractivity contribution in [1.82, 2.24) is 14.7 Å². The minimum atomic E-state index is -0.323. The van der Waals surface area contributed by atoms with Crippen LogP contribution in [0.4, 0.5) is 4.39 Å². The molecule has 3 aromatic rings. The maximum Gasteiger partial charge on any atom is 0.244 e. The van der Waals surface area contributed by atoms with Gasteiger partial charge in [0.2, 0.25) is 5.91 Å². The second-order valence-electron chi connectivity index (χ2n) is 4.43. The van der Waals surface area contributed by atoms with Crippen LogP contribution in [-0.2, 0) is 11.3 Å². The molecule has 0 aliphatic rings. The smallest absolute Gasteiger partial charge is 0.244 e. The molecule has 3 rings (SSSR count). The Morgan fingerprint density at radius 1 is 1.48 bits per heavy atom. The minimum Gasteiger partial charge on any atom is -0.347 e. The minimum absolute atomic E-state index is 0.240. The van der Waals surface area contributed by atoms with Gasteiger partial charge in [0.1, 0.15) is 5.82 Å². The van der Waals surface area contributed by atoms with Crippen molar-refractivity contribution >= 4 is 28.3 Å². The molecule has 21 heavy (non-hydrogen) atoms. The van der Waals surface area contributed by atoms with Crippen LogP contribution in [0.15, 0.2) is 48.1 Å². The highest BCUT2D eigenvalue weighted by Gasteiger charge is 2.03. The van der Waals surface area contributed by atoms with Gasteiger partial charge < -0.3 is 5.32 Å². The first kappa shape index (κ1) is 13.5. The van der Waals surface area contributed by atoms with Gasteiger partial charge in [-0.2, -0.15) is 0 Å². The second kappa shape index (κ2) is 5.88. The molecule has 0 fully saturated rings. The molecule has 4 nitrogen and oxygen atoms in total. The Morgan fingerprint density at radius 2 is 2.38 bits per heavy atom. The summed E-state index contributed by atoms with van der Waals surface area (Å²) < 4.78 is 14.9. The predicted molar refractivity (Wildman–Crippen MR) is 80.3 cm³/mol. The molecule has 1 aromatic carbocycles. The molecule has 1 amide bonds. The number of nitrogens with one attached hydrogen (secondary N) is 1. The molecule has 0 aliphatic carbocycles. The lowest BCUT2D eigenvalue weighted by Gasteiger charge is -1.98. The molecule has 106 valence electrons. The number of benzene rings is 1. The summed E-state index contributed by atoms with van der Waals surface area (Å²) in [5.41, 5.74) is 1.45. The molecule has 0 atom stereocenters. The highest BCUT2D eigenvalue weighted by molar-refractivity contribution is 7.15. The number of carbonyl (C=O) groups is 1. The van der Waals surface area contributed by atoms with E-state index in [0.717, 1.165) is 10.7 Å². The predicted octanol–water partition coefficient (Wildman–Crippen LogP) is 2.86. The van der Waals surface area contributed by atoms with Crippen molar-refractivity contribution in [1.29, 1.82) is 0 Å². The monoisotopic (exact) mass is 301 g/mol. The van der Waals surface area contributed by atoms with Crippen molar-refractivity contribution in [3.63, 3.8) is 0 Å². The normalized spacial score (nSPS) is 11.3. The van der Waals surface area contributed by atoms with Crippen molar-refractivity contribution < 1.29 is 9.18 Å². The Kier molecular flexibility index (Phi) is 3.79. The van der Waals surface area contributed by atoms with Gasteiger partial charge in [-0.3, -0.25) is 9.20 Å². The number of thiazole rings is 1. The van der Waals surface area contributed by atoms with Crippen molar-refractivity contribution in [2.45, 2.75) is 6.54 Å². The Bertz CT molecular complexity index is 777. The molecule has 0 bridgehead atoms. The largest absolute Gasteiger partial charge is 0.347 e. The summed E-state index contributed by atoms with van der Waals surface area (Å²) >= 11 is 1.54. The van der Waals surface area contributed by atoms with Crippen LogP contribution in [-0.4, -0.2) is 15.3 Å². The highest BCUT2D eigenvalue weighted by atomic mass is 32.1. The molecule has 2 aromatic heterocycles. The molecule has 6 heteroatoms. The third kappa shape index (κ3) is 3.35. The number of halogens is 1. The Labute approximate surface area is 124 Å². The second-order valence-corrected chi connectivity index (χ2v) is 5.30. The summed E-state index contributed by atoms with van der Waals surface area (Å²) in [5, 5.41) is 4.69. The van der Waals surface area contributed by atoms with Crippen LogP contribution >= 0.6 is 11.3 Å². The summed E-state index contributed by atoms with van der Waals surface area (Å²) in [4.78, 5) is 17.0. The zero-order chi connectivity index (χ0) is 14.7. The maximum atomic E-state index is 13.0. The topological polar surface area (TPSA) is 46.4 Å². The van der Waals surface area contributed by atoms with E-state index in [9.17, 15) is 9.18 Å². The molecule has 1 N–H and O–H groups in total. The van der Waals surface area contributed by atoms with Crippen LogP contribution in [0.2, 0.25) is 0 Å². The van der Waals surface area contributed by atoms with E-state index >= 15 is 0 Å². The van der Waals surface area contributed by atoms with E-state index in [1.54, 1.807) is 29.5 Å². The van der Waals surface area contributed by atoms with E-state index < -0.39 is 0 Å². The molecule has 0 saturated carbocycles. The van der Waals surface area contributed by atoms with Crippen LogP contribution in [0.25, 0.3) is 11.0 Å². The van der Waals surface area contributed by atoms with Crippen molar-refractivity contribution in [2.24, 2.45) is 0 Å². The highest BCUT2D eigenvalue weighted by Crippen LogP contribution is 2.11. The lowest BCUT2D eigenvalue weighted by atomic mass is 10.2. The van der Waals surface area contributed by atoms with Crippen LogP contribution < -0.4 is 5.32 Å². The number of aromatic nitrogens is 2. The SMILES string of the molecule is O=C(/C=C/c1cccc(F)c1)NCc1cn2ccsc2n1. The van der Waals surface area contributed by atoms with E-state index in [2.05, 4.69) is 10.3 Å². The van der Waals surface area contributed by atoms with E-state index in [4.69, 9.17) is 0 Å². The van der Waals surface area contributed by atoms with E-state index in [0.29, 0.717) is 12.1 Å². The Hall–Kier alpha value is -2.47. The van der Waals surface area contributed by atoms with E-state index in [1.807, 2.05) is 22.2 Å².